The van der Waals surface area contributed by atoms with Crippen LogP contribution in [0, 0.1) is 5.92 Å². The summed E-state index contributed by atoms with van der Waals surface area (Å²) < 4.78 is 5.40. The highest BCUT2D eigenvalue weighted by Crippen LogP contribution is 2.19. The van der Waals surface area contributed by atoms with Gasteiger partial charge < -0.3 is 4.74 Å². The molecule has 0 aromatic heterocycles. The fourth-order valence-corrected chi connectivity index (χ4v) is 3.31. The Bertz CT molecular complexity index is 709. The summed E-state index contributed by atoms with van der Waals surface area (Å²) >= 11 is 0. The molecular formula is C22H25NO3. The predicted molar refractivity (Wildman–Crippen MR) is 102 cm³/mol. The zero-order valence-corrected chi connectivity index (χ0v) is 15.0. The molecule has 1 unspecified atom stereocenters. The van der Waals surface area contributed by atoms with Gasteiger partial charge in [-0.15, -0.1) is 0 Å². The second kappa shape index (κ2) is 9.41. The maximum absolute atomic E-state index is 13.0. The number of benzene rings is 2. The SMILES string of the molecule is O=C(CCC(CN1CCOCC1)C(=O)c1ccccc1)c1ccccc1. The lowest BCUT2D eigenvalue weighted by Gasteiger charge is -2.30. The third-order valence-electron chi connectivity index (χ3n) is 4.83. The lowest BCUT2D eigenvalue weighted by Crippen LogP contribution is -2.41. The van der Waals surface area contributed by atoms with Crippen LogP contribution in [-0.4, -0.2) is 49.3 Å². The van der Waals surface area contributed by atoms with Crippen LogP contribution in [-0.2, 0) is 4.74 Å². The Balaban J connectivity index is 1.67. The van der Waals surface area contributed by atoms with E-state index >= 15 is 0 Å². The molecule has 4 nitrogen and oxygen atoms in total. The Kier molecular flexibility index (Phi) is 6.69. The van der Waals surface area contributed by atoms with Crippen molar-refractivity contribution < 1.29 is 14.3 Å². The zero-order chi connectivity index (χ0) is 18.2. The largest absolute Gasteiger partial charge is 0.379 e. The number of carbonyl (C=O) groups excluding carboxylic acids is 2. The molecule has 0 saturated carbocycles. The topological polar surface area (TPSA) is 46.6 Å². The number of carbonyl (C=O) groups is 2. The number of morpholine rings is 1. The van der Waals surface area contributed by atoms with Crippen LogP contribution in [0.4, 0.5) is 0 Å². The van der Waals surface area contributed by atoms with E-state index in [2.05, 4.69) is 4.90 Å². The summed E-state index contributed by atoms with van der Waals surface area (Å²) in [5, 5.41) is 0. The van der Waals surface area contributed by atoms with Gasteiger partial charge in [0.2, 0.25) is 0 Å². The van der Waals surface area contributed by atoms with Gasteiger partial charge in [0.25, 0.3) is 0 Å². The second-order valence-electron chi connectivity index (χ2n) is 6.67. The van der Waals surface area contributed by atoms with E-state index in [0.717, 1.165) is 18.7 Å². The van der Waals surface area contributed by atoms with Crippen molar-refractivity contribution >= 4 is 11.6 Å². The summed E-state index contributed by atoms with van der Waals surface area (Å²) in [5.41, 5.74) is 1.43. The lowest BCUT2D eigenvalue weighted by molar-refractivity contribution is 0.0294. The Morgan fingerprint density at radius 2 is 1.46 bits per heavy atom. The average molecular weight is 351 g/mol. The maximum Gasteiger partial charge on any atom is 0.167 e. The third-order valence-corrected chi connectivity index (χ3v) is 4.83. The van der Waals surface area contributed by atoms with Crippen molar-refractivity contribution in [3.8, 4) is 0 Å². The molecule has 136 valence electrons. The molecule has 0 radical (unpaired) electrons. The normalized spacial score (nSPS) is 16.2. The molecule has 0 amide bonds. The molecule has 0 aliphatic carbocycles. The molecule has 1 fully saturated rings. The Hall–Kier alpha value is -2.30. The Morgan fingerprint density at radius 1 is 0.885 bits per heavy atom. The highest BCUT2D eigenvalue weighted by molar-refractivity contribution is 5.99. The first-order valence-electron chi connectivity index (χ1n) is 9.21. The molecule has 0 bridgehead atoms. The van der Waals surface area contributed by atoms with Gasteiger partial charge in [-0.1, -0.05) is 60.7 Å². The summed E-state index contributed by atoms with van der Waals surface area (Å²) in [4.78, 5) is 27.7. The summed E-state index contributed by atoms with van der Waals surface area (Å²) in [7, 11) is 0. The average Bonchev–Trinajstić information content (AvgIpc) is 2.72. The van der Waals surface area contributed by atoms with E-state index in [4.69, 9.17) is 4.74 Å². The number of hydrogen-bond donors (Lipinski definition) is 0. The van der Waals surface area contributed by atoms with Crippen LogP contribution >= 0.6 is 0 Å². The van der Waals surface area contributed by atoms with Crippen LogP contribution in [0.5, 0.6) is 0 Å². The van der Waals surface area contributed by atoms with E-state index in [9.17, 15) is 9.59 Å². The fraction of sp³-hybridized carbons (Fsp3) is 0.364. The summed E-state index contributed by atoms with van der Waals surface area (Å²) in [6.07, 6.45) is 0.955. The molecule has 1 saturated heterocycles. The van der Waals surface area contributed by atoms with Gasteiger partial charge in [0.1, 0.15) is 0 Å². The van der Waals surface area contributed by atoms with Crippen LogP contribution < -0.4 is 0 Å². The van der Waals surface area contributed by atoms with Gasteiger partial charge in [-0.05, 0) is 6.42 Å². The number of rotatable bonds is 8. The zero-order valence-electron chi connectivity index (χ0n) is 15.0. The van der Waals surface area contributed by atoms with Gasteiger partial charge in [-0.3, -0.25) is 14.5 Å². The minimum absolute atomic E-state index is 0.0958. The van der Waals surface area contributed by atoms with Crippen molar-refractivity contribution in [2.45, 2.75) is 12.8 Å². The van der Waals surface area contributed by atoms with E-state index in [-0.39, 0.29) is 17.5 Å². The van der Waals surface area contributed by atoms with Crippen molar-refractivity contribution in [2.75, 3.05) is 32.8 Å². The third kappa shape index (κ3) is 5.10. The van der Waals surface area contributed by atoms with Gasteiger partial charge in [0.05, 0.1) is 13.2 Å². The van der Waals surface area contributed by atoms with E-state index in [1.54, 1.807) is 0 Å². The number of ketones is 2. The molecule has 1 heterocycles. The number of Topliss-reactive ketones (excluding diaryl/α,β-unsaturated/α-hetero) is 2. The second-order valence-corrected chi connectivity index (χ2v) is 6.67. The van der Waals surface area contributed by atoms with E-state index in [1.165, 1.54) is 0 Å². The highest BCUT2D eigenvalue weighted by Gasteiger charge is 2.25. The van der Waals surface area contributed by atoms with Crippen molar-refractivity contribution in [2.24, 2.45) is 5.92 Å². The van der Waals surface area contributed by atoms with Gasteiger partial charge in [0.15, 0.2) is 11.6 Å². The first kappa shape index (κ1) is 18.5. The molecular weight excluding hydrogens is 326 g/mol. The van der Waals surface area contributed by atoms with Gasteiger partial charge in [0, 0.05) is 43.1 Å². The first-order chi connectivity index (χ1) is 12.7. The molecule has 2 aromatic rings. The molecule has 3 rings (SSSR count). The summed E-state index contributed by atoms with van der Waals surface area (Å²) in [6.45, 7) is 3.76. The highest BCUT2D eigenvalue weighted by atomic mass is 16.5. The van der Waals surface area contributed by atoms with Crippen LogP contribution in [0.15, 0.2) is 60.7 Å². The van der Waals surface area contributed by atoms with Crippen molar-refractivity contribution in [3.63, 3.8) is 0 Å². The monoisotopic (exact) mass is 351 g/mol. The van der Waals surface area contributed by atoms with Crippen LogP contribution in [0.25, 0.3) is 0 Å². The molecule has 26 heavy (non-hydrogen) atoms. The standard InChI is InChI=1S/C22H25NO3/c24-21(18-7-3-1-4-8-18)12-11-20(17-23-13-15-26-16-14-23)22(25)19-9-5-2-6-10-19/h1-10,20H,11-17H2. The minimum Gasteiger partial charge on any atom is -0.379 e. The molecule has 2 aromatic carbocycles. The number of hydrogen-bond acceptors (Lipinski definition) is 4. The number of nitrogens with zero attached hydrogens (tertiary/aromatic N) is 1. The maximum atomic E-state index is 13.0. The number of ether oxygens (including phenoxy) is 1. The van der Waals surface area contributed by atoms with Crippen LogP contribution in [0.1, 0.15) is 33.6 Å². The van der Waals surface area contributed by atoms with Crippen molar-refractivity contribution in [3.05, 3.63) is 71.8 Å². The smallest absolute Gasteiger partial charge is 0.167 e. The van der Waals surface area contributed by atoms with E-state index in [0.29, 0.717) is 38.2 Å². The molecule has 0 N–H and O–H groups in total. The van der Waals surface area contributed by atoms with Crippen LogP contribution in [0.2, 0.25) is 0 Å². The molecule has 0 spiro atoms. The Morgan fingerprint density at radius 3 is 2.08 bits per heavy atom. The minimum atomic E-state index is -0.178. The quantitative estimate of drug-likeness (QED) is 0.683. The van der Waals surface area contributed by atoms with Gasteiger partial charge in [-0.2, -0.15) is 0 Å². The summed E-state index contributed by atoms with van der Waals surface area (Å²) in [6, 6.07) is 18.7. The van der Waals surface area contributed by atoms with Gasteiger partial charge in [-0.25, -0.2) is 0 Å². The van der Waals surface area contributed by atoms with Crippen molar-refractivity contribution in [1.29, 1.82) is 0 Å². The molecule has 4 heteroatoms. The first-order valence-corrected chi connectivity index (χ1v) is 9.21. The van der Waals surface area contributed by atoms with E-state index < -0.39 is 0 Å². The Labute approximate surface area is 154 Å². The molecule has 1 aliphatic rings. The lowest BCUT2D eigenvalue weighted by atomic mass is 9.90. The predicted octanol–water partition coefficient (Wildman–Crippen LogP) is 3.48. The van der Waals surface area contributed by atoms with E-state index in [1.807, 2.05) is 60.7 Å². The summed E-state index contributed by atoms with van der Waals surface area (Å²) in [5.74, 6) is 0.0413. The fourth-order valence-electron chi connectivity index (χ4n) is 3.31. The van der Waals surface area contributed by atoms with Crippen LogP contribution in [0.3, 0.4) is 0 Å². The van der Waals surface area contributed by atoms with Gasteiger partial charge >= 0.3 is 0 Å². The van der Waals surface area contributed by atoms with Crippen molar-refractivity contribution in [1.82, 2.24) is 4.90 Å². The molecule has 1 atom stereocenters. The molecule has 1 aliphatic heterocycles.